The summed E-state index contributed by atoms with van der Waals surface area (Å²) in [6, 6.07) is 8.97. The fourth-order valence-electron chi connectivity index (χ4n) is 1.51. The van der Waals surface area contributed by atoms with Crippen molar-refractivity contribution >= 4 is 11.8 Å². The molecule has 1 aromatic carbocycles. The fraction of sp³-hybridized carbons (Fsp3) is 0.385. The molecule has 0 N–H and O–H groups in total. The first-order valence-corrected chi connectivity index (χ1v) is 5.27. The molecule has 0 heterocycles. The average molecular weight is 220 g/mol. The average Bonchev–Trinajstić information content (AvgIpc) is 2.29. The normalized spacial score (nSPS) is 13.9. The van der Waals surface area contributed by atoms with Crippen molar-refractivity contribution in [2.45, 2.75) is 26.2 Å². The van der Waals surface area contributed by atoms with Gasteiger partial charge in [-0.2, -0.15) is 0 Å². The number of ether oxygens (including phenoxy) is 1. The minimum atomic E-state index is -1.20. The summed E-state index contributed by atoms with van der Waals surface area (Å²) in [6.07, 6.45) is 0. The molecule has 1 unspecified atom stereocenters. The summed E-state index contributed by atoms with van der Waals surface area (Å²) in [5.74, 6) is -0.703. The predicted molar refractivity (Wildman–Crippen MR) is 61.1 cm³/mol. The van der Waals surface area contributed by atoms with Gasteiger partial charge in [0, 0.05) is 0 Å². The largest absolute Gasteiger partial charge is 0.465 e. The van der Waals surface area contributed by atoms with Gasteiger partial charge in [0.1, 0.15) is 5.41 Å². The van der Waals surface area contributed by atoms with Crippen molar-refractivity contribution in [1.82, 2.24) is 0 Å². The van der Waals surface area contributed by atoms with Crippen LogP contribution in [0.3, 0.4) is 0 Å². The quantitative estimate of drug-likeness (QED) is 0.576. The first-order chi connectivity index (χ1) is 7.53. The lowest BCUT2D eigenvalue weighted by molar-refractivity contribution is -0.152. The van der Waals surface area contributed by atoms with Gasteiger partial charge in [0.15, 0.2) is 5.78 Å². The van der Waals surface area contributed by atoms with Crippen LogP contribution >= 0.6 is 0 Å². The summed E-state index contributed by atoms with van der Waals surface area (Å²) in [6.45, 7) is 5.00. The molecule has 0 spiro atoms. The molecule has 0 bridgehead atoms. The van der Waals surface area contributed by atoms with Gasteiger partial charge in [0.2, 0.25) is 0 Å². The molecule has 0 aliphatic carbocycles. The summed E-state index contributed by atoms with van der Waals surface area (Å²) < 4.78 is 4.96. The van der Waals surface area contributed by atoms with Crippen molar-refractivity contribution in [2.24, 2.45) is 0 Å². The molecule has 3 heteroatoms. The molecule has 0 aliphatic heterocycles. The Morgan fingerprint density at radius 3 is 2.25 bits per heavy atom. The van der Waals surface area contributed by atoms with Crippen molar-refractivity contribution in [2.75, 3.05) is 6.61 Å². The summed E-state index contributed by atoms with van der Waals surface area (Å²) in [5, 5.41) is 0. The van der Waals surface area contributed by atoms with Gasteiger partial charge in [0.25, 0.3) is 0 Å². The predicted octanol–water partition coefficient (Wildman–Crippen LogP) is 2.10. The van der Waals surface area contributed by atoms with E-state index in [1.807, 2.05) is 6.07 Å². The Hall–Kier alpha value is -1.64. The molecule has 0 saturated heterocycles. The lowest BCUT2D eigenvalue weighted by atomic mass is 9.79. The van der Waals surface area contributed by atoms with Crippen LogP contribution in [0.1, 0.15) is 26.3 Å². The number of carbonyl (C=O) groups excluding carboxylic acids is 2. The molecule has 16 heavy (non-hydrogen) atoms. The zero-order valence-electron chi connectivity index (χ0n) is 9.82. The highest BCUT2D eigenvalue weighted by atomic mass is 16.5. The van der Waals surface area contributed by atoms with E-state index in [9.17, 15) is 9.59 Å². The third-order valence-corrected chi connectivity index (χ3v) is 2.74. The molecule has 1 aromatic rings. The number of hydrogen-bond donors (Lipinski definition) is 0. The molecule has 0 aromatic heterocycles. The first kappa shape index (κ1) is 12.4. The van der Waals surface area contributed by atoms with Crippen LogP contribution in [0.2, 0.25) is 0 Å². The maximum atomic E-state index is 11.9. The summed E-state index contributed by atoms with van der Waals surface area (Å²) in [4.78, 5) is 23.5. The van der Waals surface area contributed by atoms with Crippen LogP contribution in [0.15, 0.2) is 30.3 Å². The van der Waals surface area contributed by atoms with E-state index in [0.29, 0.717) is 5.56 Å². The van der Waals surface area contributed by atoms with Crippen LogP contribution in [0, 0.1) is 0 Å². The van der Waals surface area contributed by atoms with Crippen molar-refractivity contribution < 1.29 is 14.3 Å². The number of rotatable bonds is 4. The van der Waals surface area contributed by atoms with E-state index >= 15 is 0 Å². The van der Waals surface area contributed by atoms with E-state index in [1.165, 1.54) is 6.92 Å². The van der Waals surface area contributed by atoms with Crippen LogP contribution in [0.4, 0.5) is 0 Å². The molecular weight excluding hydrogens is 204 g/mol. The summed E-state index contributed by atoms with van der Waals surface area (Å²) >= 11 is 0. The maximum absolute atomic E-state index is 11.9. The monoisotopic (exact) mass is 220 g/mol. The van der Waals surface area contributed by atoms with Crippen LogP contribution in [0.5, 0.6) is 0 Å². The maximum Gasteiger partial charge on any atom is 0.323 e. The highest BCUT2D eigenvalue weighted by Gasteiger charge is 2.41. The van der Waals surface area contributed by atoms with Crippen LogP contribution in [-0.4, -0.2) is 18.4 Å². The standard InChI is InChI=1S/C13H16O3/c1-4-16-12(15)13(3,10(2)14)11-8-6-5-7-9-11/h5-9H,4H2,1-3H3. The van der Waals surface area contributed by atoms with Gasteiger partial charge in [-0.25, -0.2) is 0 Å². The number of esters is 1. The second-order valence-electron chi connectivity index (χ2n) is 3.77. The molecular formula is C13H16O3. The minimum absolute atomic E-state index is 0.211. The molecule has 0 saturated carbocycles. The van der Waals surface area contributed by atoms with E-state index in [2.05, 4.69) is 0 Å². The topological polar surface area (TPSA) is 43.4 Å². The minimum Gasteiger partial charge on any atom is -0.465 e. The zero-order valence-corrected chi connectivity index (χ0v) is 9.82. The van der Waals surface area contributed by atoms with Gasteiger partial charge in [-0.05, 0) is 26.3 Å². The molecule has 3 nitrogen and oxygen atoms in total. The van der Waals surface area contributed by atoms with Gasteiger partial charge in [-0.3, -0.25) is 9.59 Å². The first-order valence-electron chi connectivity index (χ1n) is 5.27. The van der Waals surface area contributed by atoms with Crippen molar-refractivity contribution in [3.63, 3.8) is 0 Å². The van der Waals surface area contributed by atoms with E-state index in [0.717, 1.165) is 0 Å². The highest BCUT2D eigenvalue weighted by molar-refractivity contribution is 6.08. The van der Waals surface area contributed by atoms with E-state index < -0.39 is 11.4 Å². The zero-order chi connectivity index (χ0) is 12.2. The van der Waals surface area contributed by atoms with Gasteiger partial charge in [0.05, 0.1) is 6.61 Å². The van der Waals surface area contributed by atoms with Crippen LogP contribution in [0.25, 0.3) is 0 Å². The smallest absolute Gasteiger partial charge is 0.323 e. The van der Waals surface area contributed by atoms with Gasteiger partial charge in [-0.1, -0.05) is 30.3 Å². The Morgan fingerprint density at radius 2 is 1.81 bits per heavy atom. The second kappa shape index (κ2) is 4.92. The van der Waals surface area contributed by atoms with Crippen LogP contribution in [-0.2, 0) is 19.7 Å². The molecule has 86 valence electrons. The van der Waals surface area contributed by atoms with Crippen molar-refractivity contribution in [1.29, 1.82) is 0 Å². The molecule has 0 fully saturated rings. The van der Waals surface area contributed by atoms with Crippen LogP contribution < -0.4 is 0 Å². The highest BCUT2D eigenvalue weighted by Crippen LogP contribution is 2.26. The van der Waals surface area contributed by atoms with Crippen molar-refractivity contribution in [3.05, 3.63) is 35.9 Å². The third-order valence-electron chi connectivity index (χ3n) is 2.74. The lowest BCUT2D eigenvalue weighted by Gasteiger charge is -2.24. The van der Waals surface area contributed by atoms with Gasteiger partial charge in [-0.15, -0.1) is 0 Å². The van der Waals surface area contributed by atoms with Gasteiger partial charge >= 0.3 is 5.97 Å². The third kappa shape index (κ3) is 2.13. The Labute approximate surface area is 95.4 Å². The lowest BCUT2D eigenvalue weighted by Crippen LogP contribution is -2.40. The Kier molecular flexibility index (Phi) is 3.82. The Balaban J connectivity index is 3.17. The SMILES string of the molecule is CCOC(=O)C(C)(C(C)=O)c1ccccc1. The van der Waals surface area contributed by atoms with Crippen molar-refractivity contribution in [3.8, 4) is 0 Å². The second-order valence-corrected chi connectivity index (χ2v) is 3.77. The number of benzene rings is 1. The number of hydrogen-bond acceptors (Lipinski definition) is 3. The Bertz CT molecular complexity index is 383. The molecule has 0 aliphatic rings. The molecule has 0 amide bonds. The number of ketones is 1. The summed E-state index contributed by atoms with van der Waals surface area (Å²) in [5.41, 5.74) is -0.530. The van der Waals surface area contributed by atoms with E-state index in [1.54, 1.807) is 38.1 Å². The van der Waals surface area contributed by atoms with Gasteiger partial charge < -0.3 is 4.74 Å². The summed E-state index contributed by atoms with van der Waals surface area (Å²) in [7, 11) is 0. The van der Waals surface area contributed by atoms with E-state index in [4.69, 9.17) is 4.74 Å². The molecule has 1 rings (SSSR count). The molecule has 1 atom stereocenters. The Morgan fingerprint density at radius 1 is 1.25 bits per heavy atom. The van der Waals surface area contributed by atoms with E-state index in [-0.39, 0.29) is 12.4 Å². The number of carbonyl (C=O) groups is 2. The number of Topliss-reactive ketones (excluding diaryl/α,β-unsaturated/α-hetero) is 1. The fourth-order valence-corrected chi connectivity index (χ4v) is 1.51. The molecule has 0 radical (unpaired) electrons.